The van der Waals surface area contributed by atoms with Crippen LogP contribution in [0.1, 0.15) is 36.5 Å². The van der Waals surface area contributed by atoms with Gasteiger partial charge in [0.05, 0.1) is 20.8 Å². The first-order valence-corrected chi connectivity index (χ1v) is 11.3. The molecule has 182 valence electrons. The van der Waals surface area contributed by atoms with Gasteiger partial charge in [-0.15, -0.1) is 24.0 Å². The maximum Gasteiger partial charge on any atom is 0.200 e. The molecule has 0 bridgehead atoms. The lowest BCUT2D eigenvalue weighted by atomic mass is 10.0. The minimum absolute atomic E-state index is 0. The average molecular weight is 569 g/mol. The number of hydrogen-bond acceptors (Lipinski definition) is 5. The molecule has 0 saturated carbocycles. The Balaban J connectivity index is 0.00000385. The van der Waals surface area contributed by atoms with E-state index in [1.165, 1.54) is 25.3 Å². The predicted molar refractivity (Wildman–Crippen MR) is 144 cm³/mol. The number of phenols is 1. The predicted octanol–water partition coefficient (Wildman–Crippen LogP) is 4.06. The van der Waals surface area contributed by atoms with Crippen LogP contribution in [0.3, 0.4) is 0 Å². The largest absolute Gasteiger partial charge is 0.502 e. The van der Waals surface area contributed by atoms with Gasteiger partial charge in [0, 0.05) is 32.2 Å². The topological polar surface area (TPSA) is 78.4 Å². The van der Waals surface area contributed by atoms with Gasteiger partial charge in [0.15, 0.2) is 17.5 Å². The van der Waals surface area contributed by atoms with Crippen molar-refractivity contribution in [3.63, 3.8) is 0 Å². The Hall–Kier alpha value is -2.20. The smallest absolute Gasteiger partial charge is 0.200 e. The van der Waals surface area contributed by atoms with Crippen molar-refractivity contribution in [3.8, 4) is 17.2 Å². The number of likely N-dealkylation sites (tertiary alicyclic amines) is 1. The number of piperidine rings is 1. The summed E-state index contributed by atoms with van der Waals surface area (Å²) < 4.78 is 10.5. The Bertz CT molecular complexity index is 889. The van der Waals surface area contributed by atoms with Crippen molar-refractivity contribution in [3.05, 3.63) is 53.1 Å². The summed E-state index contributed by atoms with van der Waals surface area (Å²) in [5.74, 6) is 1.57. The molecule has 3 N–H and O–H groups in total. The maximum absolute atomic E-state index is 10.1. The van der Waals surface area contributed by atoms with Crippen molar-refractivity contribution in [2.75, 3.05) is 33.9 Å². The number of nitrogens with one attached hydrogen (secondary N) is 2. The summed E-state index contributed by atoms with van der Waals surface area (Å²) in [4.78, 5) is 7.26. The van der Waals surface area contributed by atoms with Gasteiger partial charge in [-0.25, -0.2) is 4.99 Å². The van der Waals surface area contributed by atoms with E-state index >= 15 is 0 Å². The van der Waals surface area contributed by atoms with Gasteiger partial charge in [-0.3, -0.25) is 4.90 Å². The van der Waals surface area contributed by atoms with E-state index in [1.54, 1.807) is 12.1 Å². The highest BCUT2D eigenvalue weighted by Crippen LogP contribution is 2.37. The zero-order valence-electron chi connectivity index (χ0n) is 20.1. The van der Waals surface area contributed by atoms with Gasteiger partial charge in [-0.2, -0.15) is 0 Å². The lowest BCUT2D eigenvalue weighted by Gasteiger charge is -2.33. The van der Waals surface area contributed by atoms with Crippen molar-refractivity contribution in [2.24, 2.45) is 4.99 Å². The van der Waals surface area contributed by atoms with Gasteiger partial charge in [0.25, 0.3) is 0 Å². The molecule has 0 aromatic heterocycles. The highest BCUT2D eigenvalue weighted by Gasteiger charge is 2.20. The summed E-state index contributed by atoms with van der Waals surface area (Å²) in [5, 5.41) is 17.0. The van der Waals surface area contributed by atoms with Crippen LogP contribution in [0.25, 0.3) is 0 Å². The molecule has 0 atom stereocenters. The summed E-state index contributed by atoms with van der Waals surface area (Å²) >= 11 is 0. The number of nitrogens with zero attached hydrogens (tertiary/aromatic N) is 2. The SMILES string of the molecule is CCNC(=NCc1cc(OC)c(O)c(OC)c1)NC1CCN(Cc2cccc(C)c2)CC1.I. The zero-order valence-corrected chi connectivity index (χ0v) is 22.4. The summed E-state index contributed by atoms with van der Waals surface area (Å²) in [6, 6.07) is 12.7. The summed E-state index contributed by atoms with van der Waals surface area (Å²) in [6.45, 7) is 8.59. The fourth-order valence-electron chi connectivity index (χ4n) is 4.03. The molecule has 0 amide bonds. The number of aliphatic imine (C=N–C) groups is 1. The molecule has 1 heterocycles. The molecular weight excluding hydrogens is 531 g/mol. The number of guanidine groups is 1. The van der Waals surface area contributed by atoms with E-state index in [0.29, 0.717) is 24.1 Å². The second kappa shape index (κ2) is 13.5. The Kier molecular flexibility index (Phi) is 11.1. The number of ether oxygens (including phenoxy) is 2. The number of phenolic OH excluding ortho intramolecular Hbond substituents is 1. The van der Waals surface area contributed by atoms with E-state index in [0.717, 1.165) is 50.5 Å². The highest BCUT2D eigenvalue weighted by molar-refractivity contribution is 14.0. The second-order valence-electron chi connectivity index (χ2n) is 8.23. The Labute approximate surface area is 214 Å². The van der Waals surface area contributed by atoms with E-state index in [2.05, 4.69) is 53.6 Å². The maximum atomic E-state index is 10.1. The number of rotatable bonds is 8. The van der Waals surface area contributed by atoms with Crippen LogP contribution in [0.15, 0.2) is 41.4 Å². The summed E-state index contributed by atoms with van der Waals surface area (Å²) in [7, 11) is 3.05. The molecule has 0 spiro atoms. The molecule has 1 saturated heterocycles. The van der Waals surface area contributed by atoms with Gasteiger partial charge in [0.2, 0.25) is 5.75 Å². The number of methoxy groups -OCH3 is 2. The summed E-state index contributed by atoms with van der Waals surface area (Å²) in [6.07, 6.45) is 2.16. The van der Waals surface area contributed by atoms with Gasteiger partial charge < -0.3 is 25.2 Å². The number of aromatic hydroxyl groups is 1. The standard InChI is InChI=1S/C25H36N4O3.HI/c1-5-26-25(27-16-20-14-22(31-3)24(30)23(15-20)32-4)28-21-9-11-29(12-10-21)17-19-8-6-7-18(2)13-19;/h6-8,13-15,21,30H,5,9-12,16-17H2,1-4H3,(H2,26,27,28);1H. The van der Waals surface area contributed by atoms with Gasteiger partial charge in [-0.1, -0.05) is 29.8 Å². The first-order chi connectivity index (χ1) is 15.5. The van der Waals surface area contributed by atoms with Crippen molar-refractivity contribution in [1.29, 1.82) is 0 Å². The fraction of sp³-hybridized carbons (Fsp3) is 0.480. The van der Waals surface area contributed by atoms with Crippen LogP contribution in [0.5, 0.6) is 17.2 Å². The minimum atomic E-state index is 0. The van der Waals surface area contributed by atoms with Crippen molar-refractivity contribution in [2.45, 2.75) is 45.8 Å². The molecule has 2 aromatic carbocycles. The van der Waals surface area contributed by atoms with Crippen LogP contribution in [-0.4, -0.2) is 55.9 Å². The monoisotopic (exact) mass is 568 g/mol. The van der Waals surface area contributed by atoms with Gasteiger partial charge in [0.1, 0.15) is 0 Å². The Morgan fingerprint density at radius 3 is 2.33 bits per heavy atom. The Morgan fingerprint density at radius 2 is 1.76 bits per heavy atom. The first-order valence-electron chi connectivity index (χ1n) is 11.3. The fourth-order valence-corrected chi connectivity index (χ4v) is 4.03. The van der Waals surface area contributed by atoms with Crippen molar-refractivity contribution in [1.82, 2.24) is 15.5 Å². The minimum Gasteiger partial charge on any atom is -0.502 e. The van der Waals surface area contributed by atoms with Crippen LogP contribution in [0, 0.1) is 6.92 Å². The van der Waals surface area contributed by atoms with E-state index in [1.807, 2.05) is 0 Å². The quantitative estimate of drug-likeness (QED) is 0.254. The number of halogens is 1. The van der Waals surface area contributed by atoms with Crippen molar-refractivity contribution < 1.29 is 14.6 Å². The zero-order chi connectivity index (χ0) is 22.9. The Morgan fingerprint density at radius 1 is 1.09 bits per heavy atom. The molecule has 0 aliphatic carbocycles. The van der Waals surface area contributed by atoms with Gasteiger partial charge >= 0.3 is 0 Å². The molecular formula is C25H37IN4O3. The first kappa shape index (κ1) is 27.0. The molecule has 0 unspecified atom stereocenters. The van der Waals surface area contributed by atoms with E-state index in [-0.39, 0.29) is 29.7 Å². The van der Waals surface area contributed by atoms with Crippen LogP contribution in [0.4, 0.5) is 0 Å². The van der Waals surface area contributed by atoms with Crippen LogP contribution >= 0.6 is 24.0 Å². The third kappa shape index (κ3) is 7.96. The molecule has 1 aliphatic heterocycles. The molecule has 7 nitrogen and oxygen atoms in total. The van der Waals surface area contributed by atoms with E-state index in [4.69, 9.17) is 14.5 Å². The average Bonchev–Trinajstić information content (AvgIpc) is 2.79. The molecule has 0 radical (unpaired) electrons. The van der Waals surface area contributed by atoms with E-state index < -0.39 is 0 Å². The molecule has 33 heavy (non-hydrogen) atoms. The molecule has 1 fully saturated rings. The molecule has 3 rings (SSSR count). The van der Waals surface area contributed by atoms with Crippen LogP contribution < -0.4 is 20.1 Å². The molecule has 8 heteroatoms. The normalized spacial score (nSPS) is 15.0. The van der Waals surface area contributed by atoms with Crippen LogP contribution in [0.2, 0.25) is 0 Å². The highest BCUT2D eigenvalue weighted by atomic mass is 127. The van der Waals surface area contributed by atoms with Crippen molar-refractivity contribution >= 4 is 29.9 Å². The molecule has 1 aliphatic rings. The number of hydrogen-bond donors (Lipinski definition) is 3. The number of aryl methyl sites for hydroxylation is 1. The van der Waals surface area contributed by atoms with Gasteiger partial charge in [-0.05, 0) is 49.9 Å². The van der Waals surface area contributed by atoms with E-state index in [9.17, 15) is 5.11 Å². The lowest BCUT2D eigenvalue weighted by molar-refractivity contribution is 0.198. The third-order valence-electron chi connectivity index (χ3n) is 5.72. The number of benzene rings is 2. The van der Waals surface area contributed by atoms with Crippen LogP contribution in [-0.2, 0) is 13.1 Å². The second-order valence-corrected chi connectivity index (χ2v) is 8.23. The molecule has 2 aromatic rings. The summed E-state index contributed by atoms with van der Waals surface area (Å²) in [5.41, 5.74) is 3.60. The third-order valence-corrected chi connectivity index (χ3v) is 5.72. The lowest BCUT2D eigenvalue weighted by Crippen LogP contribution is -2.48.